The third kappa shape index (κ3) is 3.05. The molecule has 25 heavy (non-hydrogen) atoms. The van der Waals surface area contributed by atoms with Crippen molar-refractivity contribution < 1.29 is 9.53 Å². The van der Waals surface area contributed by atoms with Gasteiger partial charge in [-0.2, -0.15) is 0 Å². The molecule has 0 spiro atoms. The molecular formula is C19H21ClN2O2S. The zero-order valence-electron chi connectivity index (χ0n) is 14.3. The lowest BCUT2D eigenvalue weighted by molar-refractivity contribution is 0.0772. The lowest BCUT2D eigenvalue weighted by Gasteiger charge is -2.27. The fourth-order valence-electron chi connectivity index (χ4n) is 4.31. The Balaban J connectivity index is 1.53. The van der Waals surface area contributed by atoms with Crippen LogP contribution in [0.15, 0.2) is 36.4 Å². The molecule has 3 atom stereocenters. The molecule has 2 aliphatic rings. The number of thiophene rings is 1. The Morgan fingerprint density at radius 3 is 2.56 bits per heavy atom. The van der Waals surface area contributed by atoms with Gasteiger partial charge in [0.25, 0.3) is 5.91 Å². The van der Waals surface area contributed by atoms with E-state index in [4.69, 9.17) is 16.3 Å². The van der Waals surface area contributed by atoms with Gasteiger partial charge in [-0.1, -0.05) is 23.7 Å². The number of nitrogens with zero attached hydrogens (tertiary/aromatic N) is 2. The van der Waals surface area contributed by atoms with Gasteiger partial charge in [-0.15, -0.1) is 11.3 Å². The number of ether oxygens (including phenoxy) is 1. The number of rotatable bonds is 3. The highest BCUT2D eigenvalue weighted by molar-refractivity contribution is 7.17. The fourth-order valence-corrected chi connectivity index (χ4v) is 5.32. The summed E-state index contributed by atoms with van der Waals surface area (Å²) in [5, 5.41) is 0. The first-order chi connectivity index (χ1) is 12.1. The summed E-state index contributed by atoms with van der Waals surface area (Å²) < 4.78 is 5.93. The van der Waals surface area contributed by atoms with E-state index in [1.165, 1.54) is 16.9 Å². The van der Waals surface area contributed by atoms with E-state index in [2.05, 4.69) is 24.1 Å². The molecule has 2 aliphatic heterocycles. The highest BCUT2D eigenvalue weighted by atomic mass is 35.5. The maximum absolute atomic E-state index is 12.7. The van der Waals surface area contributed by atoms with Crippen LogP contribution in [0.2, 0.25) is 4.34 Å². The Kier molecular flexibility index (Phi) is 4.48. The Morgan fingerprint density at radius 2 is 1.92 bits per heavy atom. The summed E-state index contributed by atoms with van der Waals surface area (Å²) in [6.07, 6.45) is 0. The molecule has 3 heterocycles. The standard InChI is InChI=1S/C19H21ClN2O2S/c1-21-9-13-10-22(19(23)16-7-8-17(20)25-16)11-15(13)18(21)12-3-5-14(24-2)6-4-12/h3-8,13,15,18H,9-11H2,1-2H3/t13-,15+,18-/m0/s1. The minimum absolute atomic E-state index is 0.113. The molecule has 2 aromatic rings. The molecule has 0 unspecified atom stereocenters. The predicted molar refractivity (Wildman–Crippen MR) is 101 cm³/mol. The van der Waals surface area contributed by atoms with Crippen molar-refractivity contribution in [2.24, 2.45) is 11.8 Å². The summed E-state index contributed by atoms with van der Waals surface area (Å²) in [5.41, 5.74) is 1.30. The number of benzene rings is 1. The Morgan fingerprint density at radius 1 is 1.16 bits per heavy atom. The van der Waals surface area contributed by atoms with Crippen molar-refractivity contribution in [3.63, 3.8) is 0 Å². The normalized spacial score (nSPS) is 26.0. The molecule has 2 fully saturated rings. The van der Waals surface area contributed by atoms with Crippen LogP contribution in [0.1, 0.15) is 21.3 Å². The molecule has 4 rings (SSSR count). The quantitative estimate of drug-likeness (QED) is 0.817. The maximum atomic E-state index is 12.7. The van der Waals surface area contributed by atoms with Crippen molar-refractivity contribution in [1.29, 1.82) is 0 Å². The number of likely N-dealkylation sites (tertiary alicyclic amines) is 2. The molecule has 1 aromatic heterocycles. The average molecular weight is 377 g/mol. The minimum atomic E-state index is 0.113. The third-order valence-corrected chi connectivity index (χ3v) is 6.64. The number of amides is 1. The van der Waals surface area contributed by atoms with E-state index in [1.54, 1.807) is 13.2 Å². The van der Waals surface area contributed by atoms with Crippen molar-refractivity contribution in [2.75, 3.05) is 33.8 Å². The van der Waals surface area contributed by atoms with Gasteiger partial charge in [0.05, 0.1) is 16.3 Å². The second-order valence-corrected chi connectivity index (χ2v) is 8.61. The SMILES string of the molecule is COc1ccc([C@H]2[C@@H]3CN(C(=O)c4ccc(Cl)s4)C[C@@H]3CN2C)cc1. The van der Waals surface area contributed by atoms with Crippen LogP contribution in [0.25, 0.3) is 0 Å². The highest BCUT2D eigenvalue weighted by Gasteiger charge is 2.47. The largest absolute Gasteiger partial charge is 0.497 e. The zero-order chi connectivity index (χ0) is 17.6. The molecule has 0 saturated carbocycles. The lowest BCUT2D eigenvalue weighted by atomic mass is 9.89. The third-order valence-electron chi connectivity index (χ3n) is 5.42. The van der Waals surface area contributed by atoms with Crippen LogP contribution in [0.3, 0.4) is 0 Å². The number of fused-ring (bicyclic) bond motifs is 1. The summed E-state index contributed by atoms with van der Waals surface area (Å²) in [6.45, 7) is 2.66. The van der Waals surface area contributed by atoms with E-state index in [0.29, 0.717) is 22.2 Å². The smallest absolute Gasteiger partial charge is 0.263 e. The number of carbonyl (C=O) groups is 1. The monoisotopic (exact) mass is 376 g/mol. The van der Waals surface area contributed by atoms with Gasteiger partial charge in [0, 0.05) is 31.6 Å². The number of carbonyl (C=O) groups excluding carboxylic acids is 1. The van der Waals surface area contributed by atoms with Crippen LogP contribution in [0.5, 0.6) is 5.75 Å². The van der Waals surface area contributed by atoms with E-state index in [-0.39, 0.29) is 5.91 Å². The van der Waals surface area contributed by atoms with E-state index < -0.39 is 0 Å². The van der Waals surface area contributed by atoms with Crippen LogP contribution < -0.4 is 4.74 Å². The van der Waals surface area contributed by atoms with Crippen LogP contribution in [-0.2, 0) is 0 Å². The molecule has 0 bridgehead atoms. The molecule has 4 nitrogen and oxygen atoms in total. The Hall–Kier alpha value is -1.56. The average Bonchev–Trinajstić information content (AvgIpc) is 3.28. The number of hydrogen-bond acceptors (Lipinski definition) is 4. The molecule has 2 saturated heterocycles. The van der Waals surface area contributed by atoms with Gasteiger partial charge in [-0.3, -0.25) is 9.69 Å². The molecule has 1 aromatic carbocycles. The van der Waals surface area contributed by atoms with Crippen LogP contribution in [0, 0.1) is 11.8 Å². The summed E-state index contributed by atoms with van der Waals surface area (Å²) in [5.74, 6) is 1.98. The summed E-state index contributed by atoms with van der Waals surface area (Å²) >= 11 is 7.35. The van der Waals surface area contributed by atoms with Crippen molar-refractivity contribution in [3.8, 4) is 5.75 Å². The van der Waals surface area contributed by atoms with E-state index in [1.807, 2.05) is 23.1 Å². The summed E-state index contributed by atoms with van der Waals surface area (Å²) in [7, 11) is 3.86. The van der Waals surface area contributed by atoms with Crippen molar-refractivity contribution in [3.05, 3.63) is 51.2 Å². The van der Waals surface area contributed by atoms with Crippen LogP contribution >= 0.6 is 22.9 Å². The van der Waals surface area contributed by atoms with Crippen molar-refractivity contribution in [1.82, 2.24) is 9.80 Å². The van der Waals surface area contributed by atoms with E-state index >= 15 is 0 Å². The molecule has 0 N–H and O–H groups in total. The molecule has 0 radical (unpaired) electrons. The zero-order valence-corrected chi connectivity index (χ0v) is 15.9. The van der Waals surface area contributed by atoms with Gasteiger partial charge in [-0.25, -0.2) is 0 Å². The van der Waals surface area contributed by atoms with Gasteiger partial charge in [0.2, 0.25) is 0 Å². The van der Waals surface area contributed by atoms with Gasteiger partial charge in [0.15, 0.2) is 0 Å². The van der Waals surface area contributed by atoms with E-state index in [9.17, 15) is 4.79 Å². The van der Waals surface area contributed by atoms with Gasteiger partial charge in [-0.05, 0) is 42.8 Å². The predicted octanol–water partition coefficient (Wildman–Crippen LogP) is 3.79. The van der Waals surface area contributed by atoms with Crippen molar-refractivity contribution >= 4 is 28.8 Å². The molecule has 1 amide bonds. The Bertz CT molecular complexity index is 776. The van der Waals surface area contributed by atoms with Crippen LogP contribution in [0.4, 0.5) is 0 Å². The fraction of sp³-hybridized carbons (Fsp3) is 0.421. The van der Waals surface area contributed by atoms with Gasteiger partial charge in [0.1, 0.15) is 5.75 Å². The van der Waals surface area contributed by atoms with Gasteiger partial charge >= 0.3 is 0 Å². The Labute approximate surface area is 156 Å². The number of hydrogen-bond donors (Lipinski definition) is 0. The first-order valence-corrected chi connectivity index (χ1v) is 9.65. The molecule has 6 heteroatoms. The first kappa shape index (κ1) is 16.9. The summed E-state index contributed by atoms with van der Waals surface area (Å²) in [6, 6.07) is 12.3. The summed E-state index contributed by atoms with van der Waals surface area (Å²) in [4.78, 5) is 17.9. The lowest BCUT2D eigenvalue weighted by Crippen LogP contribution is -2.33. The minimum Gasteiger partial charge on any atom is -0.497 e. The second-order valence-electron chi connectivity index (χ2n) is 6.90. The number of methoxy groups -OCH3 is 1. The molecule has 132 valence electrons. The van der Waals surface area contributed by atoms with Crippen molar-refractivity contribution in [2.45, 2.75) is 6.04 Å². The molecular weight excluding hydrogens is 356 g/mol. The topological polar surface area (TPSA) is 32.8 Å². The maximum Gasteiger partial charge on any atom is 0.263 e. The van der Waals surface area contributed by atoms with Gasteiger partial charge < -0.3 is 9.64 Å². The molecule has 0 aliphatic carbocycles. The second kappa shape index (κ2) is 6.63. The van der Waals surface area contributed by atoms with Crippen LogP contribution in [-0.4, -0.2) is 49.5 Å². The number of halogens is 1. The highest BCUT2D eigenvalue weighted by Crippen LogP contribution is 2.44. The van der Waals surface area contributed by atoms with E-state index in [0.717, 1.165) is 30.3 Å². The first-order valence-electron chi connectivity index (χ1n) is 8.45.